The number of nitrogens with one attached hydrogen (secondary N) is 1. The van der Waals surface area contributed by atoms with Crippen molar-refractivity contribution in [3.8, 4) is 0 Å². The molecule has 236 valence electrons. The second kappa shape index (κ2) is 16.9. The van der Waals surface area contributed by atoms with Gasteiger partial charge in [0.2, 0.25) is 5.91 Å². The van der Waals surface area contributed by atoms with Crippen molar-refractivity contribution in [2.75, 3.05) is 11.1 Å². The lowest BCUT2D eigenvalue weighted by Crippen LogP contribution is -2.34. The maximum absolute atomic E-state index is 12.8. The molecule has 0 aliphatic rings. The van der Waals surface area contributed by atoms with Crippen LogP contribution in [-0.4, -0.2) is 36.1 Å². The number of unbranched alkanes of at least 4 members (excludes halogenated alkanes) is 2. The number of aliphatic carboxylic acids is 1. The monoisotopic (exact) mass is 618 g/mol. The second-order valence-corrected chi connectivity index (χ2v) is 13.7. The highest BCUT2D eigenvalue weighted by Gasteiger charge is 2.37. The molecule has 0 aliphatic carbocycles. The van der Waals surface area contributed by atoms with Crippen LogP contribution in [0.2, 0.25) is 0 Å². The minimum Gasteiger partial charge on any atom is -0.481 e. The molecule has 0 atom stereocenters. The Morgan fingerprint density at radius 1 is 0.864 bits per heavy atom. The predicted octanol–water partition coefficient (Wildman–Crippen LogP) is 7.75. The Morgan fingerprint density at radius 2 is 1.52 bits per heavy atom. The van der Waals surface area contributed by atoms with Crippen LogP contribution in [-0.2, 0) is 38.0 Å². The van der Waals surface area contributed by atoms with Gasteiger partial charge in [0.25, 0.3) is 0 Å². The first-order valence-electron chi connectivity index (χ1n) is 15.6. The lowest BCUT2D eigenvalue weighted by molar-refractivity contribution is -0.151. The molecule has 0 bridgehead atoms. The summed E-state index contributed by atoms with van der Waals surface area (Å²) in [6.07, 6.45) is 10.1. The maximum atomic E-state index is 12.8. The van der Waals surface area contributed by atoms with Crippen LogP contribution in [0.5, 0.6) is 0 Å². The number of sulfone groups is 1. The highest BCUT2D eigenvalue weighted by atomic mass is 32.2. The summed E-state index contributed by atoms with van der Waals surface area (Å²) >= 11 is 0. The number of amides is 1. The maximum Gasteiger partial charge on any atom is 0.310 e. The number of hydrogen-bond acceptors (Lipinski definition) is 5. The third-order valence-electron chi connectivity index (χ3n) is 8.13. The number of hydrogen-bond donors (Lipinski definition) is 2. The highest BCUT2D eigenvalue weighted by Crippen LogP contribution is 2.31. The van der Waals surface area contributed by atoms with Gasteiger partial charge in [-0.05, 0) is 92.0 Å². The van der Waals surface area contributed by atoms with Crippen LogP contribution < -0.4 is 5.32 Å². The first-order chi connectivity index (χ1) is 21.1. The molecule has 1 aromatic heterocycles. The normalized spacial score (nSPS) is 12.0. The summed E-state index contributed by atoms with van der Waals surface area (Å²) in [7, 11) is -3.29. The third kappa shape index (κ3) is 11.1. The van der Waals surface area contributed by atoms with Gasteiger partial charge in [-0.25, -0.2) is 8.42 Å². The van der Waals surface area contributed by atoms with E-state index < -0.39 is 21.2 Å². The number of rotatable bonds is 18. The average Bonchev–Trinajstić information content (AvgIpc) is 3.00. The van der Waals surface area contributed by atoms with E-state index in [1.807, 2.05) is 18.2 Å². The minimum absolute atomic E-state index is 0.0952. The van der Waals surface area contributed by atoms with Crippen LogP contribution in [0.1, 0.15) is 93.8 Å². The molecule has 7 nitrogen and oxygen atoms in total. The quantitative estimate of drug-likeness (QED) is 0.141. The van der Waals surface area contributed by atoms with Gasteiger partial charge in [-0.2, -0.15) is 0 Å². The van der Waals surface area contributed by atoms with Gasteiger partial charge < -0.3 is 10.4 Å². The predicted molar refractivity (Wildman–Crippen MR) is 179 cm³/mol. The topological polar surface area (TPSA) is 113 Å². The lowest BCUT2D eigenvalue weighted by Gasteiger charge is -2.25. The van der Waals surface area contributed by atoms with Gasteiger partial charge >= 0.3 is 5.97 Å². The number of carbonyl (C=O) groups excluding carboxylic acids is 1. The molecule has 0 saturated heterocycles. The molecule has 2 N–H and O–H groups in total. The number of aromatic nitrogens is 1. The van der Waals surface area contributed by atoms with Gasteiger partial charge in [0.15, 0.2) is 9.84 Å². The molecule has 3 aromatic rings. The summed E-state index contributed by atoms with van der Waals surface area (Å²) < 4.78 is 25.6. The molecule has 0 spiro atoms. The van der Waals surface area contributed by atoms with Crippen molar-refractivity contribution in [2.24, 2.45) is 5.41 Å². The smallest absolute Gasteiger partial charge is 0.310 e. The van der Waals surface area contributed by atoms with Crippen LogP contribution >= 0.6 is 0 Å². The van der Waals surface area contributed by atoms with E-state index in [1.54, 1.807) is 50.3 Å². The zero-order chi connectivity index (χ0) is 32.0. The van der Waals surface area contributed by atoms with E-state index in [4.69, 9.17) is 0 Å². The van der Waals surface area contributed by atoms with Crippen LogP contribution in [0.3, 0.4) is 0 Å². The third-order valence-corrected chi connectivity index (χ3v) is 9.78. The molecule has 0 radical (unpaired) electrons. The van der Waals surface area contributed by atoms with Crippen molar-refractivity contribution in [1.29, 1.82) is 0 Å². The summed E-state index contributed by atoms with van der Waals surface area (Å²) in [5.74, 6) is -1.28. The molecule has 1 amide bonds. The summed E-state index contributed by atoms with van der Waals surface area (Å²) in [6, 6.07) is 21.2. The van der Waals surface area contributed by atoms with Crippen LogP contribution in [0, 0.1) is 5.41 Å². The Labute approximate surface area is 262 Å². The first-order valence-corrected chi connectivity index (χ1v) is 17.5. The van der Waals surface area contributed by atoms with E-state index in [-0.39, 0.29) is 23.8 Å². The van der Waals surface area contributed by atoms with E-state index in [1.165, 1.54) is 24.0 Å². The molecule has 3 rings (SSSR count). The summed E-state index contributed by atoms with van der Waals surface area (Å²) in [5, 5.41) is 12.4. The molecular weight excluding hydrogens is 572 g/mol. The van der Waals surface area contributed by atoms with E-state index in [0.717, 1.165) is 24.8 Å². The second-order valence-electron chi connectivity index (χ2n) is 11.5. The van der Waals surface area contributed by atoms with Crippen LogP contribution in [0.25, 0.3) is 12.2 Å². The average molecular weight is 619 g/mol. The number of nitrogens with zero attached hydrogens (tertiary/aromatic N) is 1. The Kier molecular flexibility index (Phi) is 13.3. The molecule has 8 heteroatoms. The Bertz CT molecular complexity index is 1510. The fraction of sp³-hybridized carbons (Fsp3) is 0.417. The molecule has 0 aliphatic heterocycles. The van der Waals surface area contributed by atoms with Gasteiger partial charge in [0.05, 0.1) is 28.3 Å². The number of pyridine rings is 1. The van der Waals surface area contributed by atoms with E-state index >= 15 is 0 Å². The highest BCUT2D eigenvalue weighted by molar-refractivity contribution is 7.90. The Balaban J connectivity index is 1.52. The van der Waals surface area contributed by atoms with Gasteiger partial charge in [-0.15, -0.1) is 0 Å². The van der Waals surface area contributed by atoms with Crippen molar-refractivity contribution in [1.82, 2.24) is 4.98 Å². The largest absolute Gasteiger partial charge is 0.481 e. The number of carboxylic acids is 1. The fourth-order valence-electron chi connectivity index (χ4n) is 5.17. The summed E-state index contributed by atoms with van der Waals surface area (Å²) in [4.78, 5) is 28.9. The van der Waals surface area contributed by atoms with Crippen molar-refractivity contribution in [3.05, 3.63) is 94.8 Å². The van der Waals surface area contributed by atoms with Gasteiger partial charge in [-0.1, -0.05) is 75.7 Å². The summed E-state index contributed by atoms with van der Waals surface area (Å²) in [6.45, 7) is 5.76. The van der Waals surface area contributed by atoms with E-state index in [2.05, 4.69) is 41.5 Å². The van der Waals surface area contributed by atoms with Gasteiger partial charge in [0.1, 0.15) is 0 Å². The van der Waals surface area contributed by atoms with Gasteiger partial charge in [0, 0.05) is 12.1 Å². The van der Waals surface area contributed by atoms with E-state index in [9.17, 15) is 23.1 Å². The van der Waals surface area contributed by atoms with Crippen molar-refractivity contribution >= 4 is 39.6 Å². The fourth-order valence-corrected chi connectivity index (χ4v) is 6.57. The Morgan fingerprint density at radius 3 is 2.16 bits per heavy atom. The molecule has 0 unspecified atom stereocenters. The number of anilines is 1. The standard InChI is InChI=1S/C36H46N2O5S/c1-4-7-12-28-18-20-29(21-19-28)13-8-9-24-44(42,43)27-33-17-11-15-31(37-33)23-22-30-14-10-16-32(25-30)38-34(39)26-36(5-2,6-3)35(40)41/h10-11,14-23,25H,4-9,12-13,24,26-27H2,1-3H3,(H,38,39)(H,40,41)/b23-22+. The van der Waals surface area contributed by atoms with Crippen molar-refractivity contribution in [3.63, 3.8) is 0 Å². The van der Waals surface area contributed by atoms with E-state index in [0.29, 0.717) is 36.3 Å². The number of carboxylic acid groups (broad SMARTS) is 1. The molecular formula is C36H46N2O5S. The van der Waals surface area contributed by atoms with Crippen molar-refractivity contribution in [2.45, 2.75) is 84.3 Å². The Hall–Kier alpha value is -3.78. The number of aryl methyl sites for hydroxylation is 2. The molecule has 0 fully saturated rings. The number of carbonyl (C=O) groups is 2. The lowest BCUT2D eigenvalue weighted by atomic mass is 9.79. The SMILES string of the molecule is CCCCc1ccc(CCCCS(=O)(=O)Cc2cccc(/C=C/c3cccc(NC(=O)CC(CC)(CC)C(=O)O)c3)n2)cc1. The molecule has 2 aromatic carbocycles. The molecule has 1 heterocycles. The minimum atomic E-state index is -3.29. The zero-order valence-electron chi connectivity index (χ0n) is 26.2. The van der Waals surface area contributed by atoms with Crippen molar-refractivity contribution < 1.29 is 23.1 Å². The first kappa shape index (κ1) is 34.7. The number of benzene rings is 2. The van der Waals surface area contributed by atoms with Crippen LogP contribution in [0.15, 0.2) is 66.7 Å². The zero-order valence-corrected chi connectivity index (χ0v) is 27.0. The van der Waals surface area contributed by atoms with Crippen LogP contribution in [0.4, 0.5) is 5.69 Å². The molecule has 0 saturated carbocycles. The summed E-state index contributed by atoms with van der Waals surface area (Å²) in [5.41, 5.74) is 4.03. The molecule has 44 heavy (non-hydrogen) atoms. The van der Waals surface area contributed by atoms with Gasteiger partial charge in [-0.3, -0.25) is 14.6 Å².